The van der Waals surface area contributed by atoms with Gasteiger partial charge < -0.3 is 4.74 Å². The molecule has 31 heavy (non-hydrogen) atoms. The lowest BCUT2D eigenvalue weighted by Crippen LogP contribution is -2.18. The first-order valence-corrected chi connectivity index (χ1v) is 11.0. The molecule has 1 atom stereocenters. The Bertz CT molecular complexity index is 1220. The van der Waals surface area contributed by atoms with Gasteiger partial charge in [0.25, 0.3) is 0 Å². The summed E-state index contributed by atoms with van der Waals surface area (Å²) in [5.41, 5.74) is 6.58. The van der Waals surface area contributed by atoms with E-state index in [9.17, 15) is 0 Å². The summed E-state index contributed by atoms with van der Waals surface area (Å²) in [5, 5.41) is 10.0. The zero-order valence-corrected chi connectivity index (χ0v) is 18.2. The van der Waals surface area contributed by atoms with Crippen LogP contribution < -0.4 is 9.75 Å². The van der Waals surface area contributed by atoms with Crippen molar-refractivity contribution >= 4 is 22.2 Å². The van der Waals surface area contributed by atoms with Crippen molar-refractivity contribution in [1.29, 1.82) is 0 Å². The molecule has 4 aromatic rings. The van der Waals surface area contributed by atoms with Gasteiger partial charge in [-0.2, -0.15) is 5.10 Å². The third-order valence-corrected chi connectivity index (χ3v) is 6.23. The van der Waals surface area contributed by atoms with Gasteiger partial charge in [-0.05, 0) is 48.4 Å². The molecule has 1 aliphatic rings. The maximum absolute atomic E-state index is 5.27. The minimum Gasteiger partial charge on any atom is -0.497 e. The number of aromatic nitrogens is 2. The number of methoxy groups -OCH3 is 1. The average Bonchev–Trinajstić information content (AvgIpc) is 3.47. The van der Waals surface area contributed by atoms with Crippen LogP contribution in [0.2, 0.25) is 0 Å². The van der Waals surface area contributed by atoms with Crippen LogP contribution >= 0.6 is 11.3 Å². The summed E-state index contributed by atoms with van der Waals surface area (Å²) in [6, 6.07) is 20.6. The molecule has 1 aliphatic heterocycles. The van der Waals surface area contributed by atoms with Gasteiger partial charge in [-0.25, -0.2) is 9.99 Å². The molecule has 0 radical (unpaired) electrons. The van der Waals surface area contributed by atoms with Crippen LogP contribution in [0, 0.1) is 6.92 Å². The highest BCUT2D eigenvalue weighted by atomic mass is 32.1. The molecular weight excluding hydrogens is 404 g/mol. The van der Waals surface area contributed by atoms with Gasteiger partial charge in [0.2, 0.25) is 5.13 Å². The van der Waals surface area contributed by atoms with Crippen LogP contribution in [0.25, 0.3) is 11.3 Å². The van der Waals surface area contributed by atoms with Gasteiger partial charge in [0.05, 0.1) is 24.6 Å². The molecule has 0 fully saturated rings. The van der Waals surface area contributed by atoms with Crippen molar-refractivity contribution in [2.75, 3.05) is 12.1 Å². The molecule has 0 N–H and O–H groups in total. The summed E-state index contributed by atoms with van der Waals surface area (Å²) in [4.78, 5) is 9.25. The number of thiazole rings is 1. The summed E-state index contributed by atoms with van der Waals surface area (Å²) in [6.07, 6.45) is 4.53. The Morgan fingerprint density at radius 3 is 2.65 bits per heavy atom. The highest BCUT2D eigenvalue weighted by molar-refractivity contribution is 7.14. The number of aryl methyl sites for hydroxylation is 1. The van der Waals surface area contributed by atoms with Crippen molar-refractivity contribution in [1.82, 2.24) is 9.97 Å². The molecule has 3 heterocycles. The van der Waals surface area contributed by atoms with E-state index in [1.54, 1.807) is 24.6 Å². The van der Waals surface area contributed by atoms with E-state index in [-0.39, 0.29) is 6.04 Å². The average molecular weight is 427 g/mol. The third-order valence-electron chi connectivity index (χ3n) is 5.40. The van der Waals surface area contributed by atoms with Crippen molar-refractivity contribution in [3.05, 3.63) is 95.1 Å². The van der Waals surface area contributed by atoms with Crippen molar-refractivity contribution in [3.63, 3.8) is 0 Å². The molecule has 1 unspecified atom stereocenters. The Labute approximate surface area is 185 Å². The maximum Gasteiger partial charge on any atom is 0.207 e. The highest BCUT2D eigenvalue weighted by Crippen LogP contribution is 2.39. The number of benzene rings is 2. The van der Waals surface area contributed by atoms with E-state index in [0.29, 0.717) is 0 Å². The standard InChI is InChI=1S/C25H22N4OS/c1-17-5-3-6-19(13-17)22-14-24(20-7-4-12-26-15-20)29(28-22)25-27-23(16-31-25)18-8-10-21(30-2)11-9-18/h3-13,15-16,24H,14H2,1-2H3. The number of hydrogen-bond donors (Lipinski definition) is 0. The van der Waals surface area contributed by atoms with Gasteiger partial charge in [-0.3, -0.25) is 4.98 Å². The van der Waals surface area contributed by atoms with Gasteiger partial charge in [0, 0.05) is 29.8 Å². The molecule has 0 aliphatic carbocycles. The van der Waals surface area contributed by atoms with Gasteiger partial charge in [-0.1, -0.05) is 35.9 Å². The second-order valence-electron chi connectivity index (χ2n) is 7.51. The lowest BCUT2D eigenvalue weighted by Gasteiger charge is -2.20. The summed E-state index contributed by atoms with van der Waals surface area (Å²) in [7, 11) is 1.67. The second kappa shape index (κ2) is 8.32. The van der Waals surface area contributed by atoms with E-state index in [4.69, 9.17) is 14.8 Å². The first kappa shape index (κ1) is 19.5. The highest BCUT2D eigenvalue weighted by Gasteiger charge is 2.32. The zero-order chi connectivity index (χ0) is 21.2. The van der Waals surface area contributed by atoms with Crippen molar-refractivity contribution in [2.24, 2.45) is 5.10 Å². The molecule has 5 nitrogen and oxygen atoms in total. The number of pyridine rings is 1. The smallest absolute Gasteiger partial charge is 0.207 e. The summed E-state index contributed by atoms with van der Waals surface area (Å²) >= 11 is 1.61. The Morgan fingerprint density at radius 2 is 1.90 bits per heavy atom. The van der Waals surface area contributed by atoms with E-state index in [1.807, 2.05) is 41.5 Å². The van der Waals surface area contributed by atoms with Crippen LogP contribution in [-0.2, 0) is 0 Å². The fourth-order valence-electron chi connectivity index (χ4n) is 3.78. The first-order valence-electron chi connectivity index (χ1n) is 10.1. The predicted octanol–water partition coefficient (Wildman–Crippen LogP) is 5.88. The largest absolute Gasteiger partial charge is 0.497 e. The molecule has 2 aromatic carbocycles. The van der Waals surface area contributed by atoms with Crippen LogP contribution in [-0.4, -0.2) is 22.8 Å². The van der Waals surface area contributed by atoms with Gasteiger partial charge in [-0.15, -0.1) is 11.3 Å². The molecule has 6 heteroatoms. The van der Waals surface area contributed by atoms with E-state index in [1.165, 1.54) is 5.56 Å². The number of hydrazone groups is 1. The van der Waals surface area contributed by atoms with E-state index >= 15 is 0 Å². The van der Waals surface area contributed by atoms with Gasteiger partial charge in [0.1, 0.15) is 5.75 Å². The van der Waals surface area contributed by atoms with Gasteiger partial charge >= 0.3 is 0 Å². The Kier molecular flexibility index (Phi) is 5.22. The molecule has 0 saturated heterocycles. The van der Waals surface area contributed by atoms with Crippen molar-refractivity contribution < 1.29 is 4.74 Å². The minimum absolute atomic E-state index is 0.0686. The normalized spacial score (nSPS) is 15.7. The van der Waals surface area contributed by atoms with E-state index in [2.05, 4.69) is 47.6 Å². The lowest BCUT2D eigenvalue weighted by molar-refractivity contribution is 0.415. The molecule has 0 bridgehead atoms. The number of anilines is 1. The number of hydrogen-bond acceptors (Lipinski definition) is 6. The SMILES string of the molecule is COc1ccc(-c2csc(N3N=C(c4cccc(C)c4)CC3c3cccnc3)n2)cc1. The number of ether oxygens (including phenoxy) is 1. The first-order chi connectivity index (χ1) is 15.2. The topological polar surface area (TPSA) is 50.6 Å². The van der Waals surface area contributed by atoms with Gasteiger partial charge in [0.15, 0.2) is 0 Å². The fourth-order valence-corrected chi connectivity index (χ4v) is 4.62. The zero-order valence-electron chi connectivity index (χ0n) is 17.4. The van der Waals surface area contributed by atoms with E-state index in [0.717, 1.165) is 45.4 Å². The summed E-state index contributed by atoms with van der Waals surface area (Å²) < 4.78 is 5.27. The Morgan fingerprint density at radius 1 is 1.03 bits per heavy atom. The number of nitrogens with zero attached hydrogens (tertiary/aromatic N) is 4. The van der Waals surface area contributed by atoms with Crippen LogP contribution in [0.1, 0.15) is 29.2 Å². The van der Waals surface area contributed by atoms with Crippen LogP contribution in [0.5, 0.6) is 5.75 Å². The summed E-state index contributed by atoms with van der Waals surface area (Å²) in [6.45, 7) is 2.11. The predicted molar refractivity (Wildman–Crippen MR) is 126 cm³/mol. The third kappa shape index (κ3) is 3.94. The van der Waals surface area contributed by atoms with Crippen LogP contribution in [0.4, 0.5) is 5.13 Å². The molecule has 0 amide bonds. The lowest BCUT2D eigenvalue weighted by atomic mass is 9.99. The molecular formula is C25H22N4OS. The minimum atomic E-state index is 0.0686. The van der Waals surface area contributed by atoms with E-state index < -0.39 is 0 Å². The van der Waals surface area contributed by atoms with Crippen molar-refractivity contribution in [2.45, 2.75) is 19.4 Å². The van der Waals surface area contributed by atoms with Crippen LogP contribution in [0.15, 0.2) is 83.5 Å². The second-order valence-corrected chi connectivity index (χ2v) is 8.35. The quantitative estimate of drug-likeness (QED) is 0.400. The Hall–Kier alpha value is -3.51. The monoisotopic (exact) mass is 426 g/mol. The Balaban J connectivity index is 1.51. The fraction of sp³-hybridized carbons (Fsp3) is 0.160. The summed E-state index contributed by atoms with van der Waals surface area (Å²) in [5.74, 6) is 0.836. The van der Waals surface area contributed by atoms with Crippen molar-refractivity contribution in [3.8, 4) is 17.0 Å². The molecule has 5 rings (SSSR count). The molecule has 154 valence electrons. The molecule has 0 spiro atoms. The molecule has 2 aromatic heterocycles. The van der Waals surface area contributed by atoms with Crippen LogP contribution in [0.3, 0.4) is 0 Å². The maximum atomic E-state index is 5.27. The molecule has 0 saturated carbocycles. The number of rotatable bonds is 5.